The molecule has 0 aliphatic heterocycles. The molecule has 1 aliphatic rings. The number of anilines is 1. The molecule has 2 rings (SSSR count). The molecule has 108 valence electrons. The monoisotopic (exact) mass is 275 g/mol. The van der Waals surface area contributed by atoms with E-state index >= 15 is 0 Å². The van der Waals surface area contributed by atoms with E-state index in [9.17, 15) is 9.59 Å². The minimum absolute atomic E-state index is 0.0905. The van der Waals surface area contributed by atoms with Gasteiger partial charge in [-0.1, -0.05) is 12.5 Å². The number of nitrogens with two attached hydrogens (primary N) is 2. The highest BCUT2D eigenvalue weighted by Gasteiger charge is 2.43. The number of carbonyl (C=O) groups excluding carboxylic acids is 2. The summed E-state index contributed by atoms with van der Waals surface area (Å²) in [6, 6.07) is 5.00. The third-order valence-corrected chi connectivity index (χ3v) is 4.40. The highest BCUT2D eigenvalue weighted by atomic mass is 16.2. The summed E-state index contributed by atoms with van der Waals surface area (Å²) in [4.78, 5) is 23.8. The normalized spacial score (nSPS) is 25.4. The van der Waals surface area contributed by atoms with Crippen molar-refractivity contribution in [2.24, 2.45) is 16.9 Å². The molecule has 1 fully saturated rings. The molecule has 5 heteroatoms. The second-order valence-electron chi connectivity index (χ2n) is 5.71. The molecule has 2 unspecified atom stereocenters. The van der Waals surface area contributed by atoms with Crippen LogP contribution in [-0.4, -0.2) is 17.9 Å². The molecule has 0 radical (unpaired) electrons. The molecule has 0 saturated heterocycles. The Hall–Kier alpha value is -1.88. The standard InChI is InChI=1S/C15H21N3O2/c1-9-10(13(17)19)5-3-6-11(9)18-14(20)15(2)8-4-7-12(15)16/h3,5-6,12H,4,7-8,16H2,1-2H3,(H2,17,19)(H,18,20). The van der Waals surface area contributed by atoms with Gasteiger partial charge in [0.15, 0.2) is 0 Å². The molecule has 2 atom stereocenters. The van der Waals surface area contributed by atoms with Gasteiger partial charge in [0.25, 0.3) is 0 Å². The summed E-state index contributed by atoms with van der Waals surface area (Å²) in [6.07, 6.45) is 2.62. The quantitative estimate of drug-likeness (QED) is 0.780. The minimum Gasteiger partial charge on any atom is -0.366 e. The van der Waals surface area contributed by atoms with E-state index in [1.54, 1.807) is 25.1 Å². The number of carbonyl (C=O) groups is 2. The van der Waals surface area contributed by atoms with Gasteiger partial charge in [-0.3, -0.25) is 9.59 Å². The van der Waals surface area contributed by atoms with E-state index in [1.165, 1.54) is 0 Å². The van der Waals surface area contributed by atoms with Gasteiger partial charge < -0.3 is 16.8 Å². The largest absolute Gasteiger partial charge is 0.366 e. The molecule has 5 N–H and O–H groups in total. The Bertz CT molecular complexity index is 556. The molecule has 0 spiro atoms. The highest BCUT2D eigenvalue weighted by molar-refractivity contribution is 6.00. The predicted octanol–water partition coefficient (Wildman–Crippen LogP) is 1.55. The molecule has 5 nitrogen and oxygen atoms in total. The van der Waals surface area contributed by atoms with Gasteiger partial charge in [-0.05, 0) is 44.4 Å². The number of hydrogen-bond acceptors (Lipinski definition) is 3. The van der Waals surface area contributed by atoms with E-state index in [-0.39, 0.29) is 11.9 Å². The molecule has 0 aromatic heterocycles. The number of amides is 2. The summed E-state index contributed by atoms with van der Waals surface area (Å²) in [5.74, 6) is -0.588. The summed E-state index contributed by atoms with van der Waals surface area (Å²) in [7, 11) is 0. The lowest BCUT2D eigenvalue weighted by Crippen LogP contribution is -2.44. The predicted molar refractivity (Wildman–Crippen MR) is 78.3 cm³/mol. The van der Waals surface area contributed by atoms with Crippen LogP contribution in [0.4, 0.5) is 5.69 Å². The van der Waals surface area contributed by atoms with Crippen LogP contribution in [0, 0.1) is 12.3 Å². The van der Waals surface area contributed by atoms with E-state index < -0.39 is 11.3 Å². The van der Waals surface area contributed by atoms with E-state index in [0.29, 0.717) is 16.8 Å². The molecule has 20 heavy (non-hydrogen) atoms. The van der Waals surface area contributed by atoms with Crippen molar-refractivity contribution >= 4 is 17.5 Å². The fourth-order valence-electron chi connectivity index (χ4n) is 2.78. The fraction of sp³-hybridized carbons (Fsp3) is 0.467. The van der Waals surface area contributed by atoms with Crippen molar-refractivity contribution in [2.75, 3.05) is 5.32 Å². The lowest BCUT2D eigenvalue weighted by molar-refractivity contribution is -0.125. The summed E-state index contributed by atoms with van der Waals surface area (Å²) in [5, 5.41) is 2.89. The van der Waals surface area contributed by atoms with Gasteiger partial charge in [-0.2, -0.15) is 0 Å². The molecule has 1 aromatic carbocycles. The number of hydrogen-bond donors (Lipinski definition) is 3. The van der Waals surface area contributed by atoms with Crippen LogP contribution in [0.3, 0.4) is 0 Å². The Kier molecular flexibility index (Phi) is 3.81. The van der Waals surface area contributed by atoms with Crippen LogP contribution in [0.15, 0.2) is 18.2 Å². The first kappa shape index (κ1) is 14.5. The molecule has 2 amide bonds. The number of rotatable bonds is 3. The molecular formula is C15H21N3O2. The van der Waals surface area contributed by atoms with Crippen LogP contribution in [0.2, 0.25) is 0 Å². The Labute approximate surface area is 118 Å². The third kappa shape index (κ3) is 2.41. The molecular weight excluding hydrogens is 254 g/mol. The Morgan fingerprint density at radius 2 is 2.10 bits per heavy atom. The summed E-state index contributed by atoms with van der Waals surface area (Å²) >= 11 is 0. The summed E-state index contributed by atoms with van der Waals surface area (Å²) in [6.45, 7) is 3.67. The Morgan fingerprint density at radius 1 is 1.40 bits per heavy atom. The second-order valence-corrected chi connectivity index (χ2v) is 5.71. The zero-order valence-corrected chi connectivity index (χ0v) is 11.9. The van der Waals surface area contributed by atoms with Crippen molar-refractivity contribution < 1.29 is 9.59 Å². The van der Waals surface area contributed by atoms with Crippen LogP contribution < -0.4 is 16.8 Å². The molecule has 1 saturated carbocycles. The van der Waals surface area contributed by atoms with Gasteiger partial charge in [0.2, 0.25) is 11.8 Å². The first-order valence-corrected chi connectivity index (χ1v) is 6.82. The van der Waals surface area contributed by atoms with Crippen LogP contribution in [0.5, 0.6) is 0 Å². The van der Waals surface area contributed by atoms with Crippen molar-refractivity contribution in [3.8, 4) is 0 Å². The minimum atomic E-state index is -0.546. The maximum Gasteiger partial charge on any atom is 0.249 e. The van der Waals surface area contributed by atoms with Gasteiger partial charge in [0, 0.05) is 17.3 Å². The van der Waals surface area contributed by atoms with Crippen LogP contribution in [-0.2, 0) is 4.79 Å². The average Bonchev–Trinajstić information content (AvgIpc) is 2.73. The lowest BCUT2D eigenvalue weighted by Gasteiger charge is -2.28. The van der Waals surface area contributed by atoms with Crippen LogP contribution >= 0.6 is 0 Å². The summed E-state index contributed by atoms with van der Waals surface area (Å²) in [5.41, 5.74) is 12.5. The number of nitrogens with one attached hydrogen (secondary N) is 1. The van der Waals surface area contributed by atoms with Crippen molar-refractivity contribution in [2.45, 2.75) is 39.2 Å². The van der Waals surface area contributed by atoms with Crippen molar-refractivity contribution in [3.05, 3.63) is 29.3 Å². The zero-order valence-electron chi connectivity index (χ0n) is 11.9. The van der Waals surface area contributed by atoms with Gasteiger partial charge in [-0.15, -0.1) is 0 Å². The van der Waals surface area contributed by atoms with Crippen LogP contribution in [0.25, 0.3) is 0 Å². The van der Waals surface area contributed by atoms with Crippen molar-refractivity contribution in [1.29, 1.82) is 0 Å². The average molecular weight is 275 g/mol. The van der Waals surface area contributed by atoms with E-state index in [2.05, 4.69) is 5.32 Å². The smallest absolute Gasteiger partial charge is 0.249 e. The maximum absolute atomic E-state index is 12.5. The van der Waals surface area contributed by atoms with Crippen LogP contribution in [0.1, 0.15) is 42.1 Å². The molecule has 1 aliphatic carbocycles. The molecule has 0 bridgehead atoms. The maximum atomic E-state index is 12.5. The fourth-order valence-corrected chi connectivity index (χ4v) is 2.78. The number of primary amides is 1. The SMILES string of the molecule is Cc1c(NC(=O)C2(C)CCCC2N)cccc1C(N)=O. The third-order valence-electron chi connectivity index (χ3n) is 4.40. The first-order valence-electron chi connectivity index (χ1n) is 6.82. The Morgan fingerprint density at radius 3 is 2.65 bits per heavy atom. The molecule has 1 aromatic rings. The van der Waals surface area contributed by atoms with E-state index in [0.717, 1.165) is 19.3 Å². The topological polar surface area (TPSA) is 98.2 Å². The molecule has 0 heterocycles. The van der Waals surface area contributed by atoms with Gasteiger partial charge >= 0.3 is 0 Å². The Balaban J connectivity index is 2.25. The van der Waals surface area contributed by atoms with E-state index in [4.69, 9.17) is 11.5 Å². The van der Waals surface area contributed by atoms with E-state index in [1.807, 2.05) is 6.92 Å². The van der Waals surface area contributed by atoms with Gasteiger partial charge in [-0.25, -0.2) is 0 Å². The second kappa shape index (κ2) is 5.25. The van der Waals surface area contributed by atoms with Crippen molar-refractivity contribution in [3.63, 3.8) is 0 Å². The van der Waals surface area contributed by atoms with Gasteiger partial charge in [0.05, 0.1) is 5.41 Å². The van der Waals surface area contributed by atoms with Gasteiger partial charge in [0.1, 0.15) is 0 Å². The summed E-state index contributed by atoms with van der Waals surface area (Å²) < 4.78 is 0. The first-order chi connectivity index (χ1) is 9.36. The number of benzene rings is 1. The highest BCUT2D eigenvalue weighted by Crippen LogP contribution is 2.38. The zero-order chi connectivity index (χ0) is 14.9. The van der Waals surface area contributed by atoms with Crippen molar-refractivity contribution in [1.82, 2.24) is 0 Å². The lowest BCUT2D eigenvalue weighted by atomic mass is 9.84.